The molecule has 0 fully saturated rings. The minimum atomic E-state index is 0.238. The normalized spacial score (nSPS) is 11.0. The van der Waals surface area contributed by atoms with Crippen LogP contribution in [0.3, 0.4) is 0 Å². The van der Waals surface area contributed by atoms with Gasteiger partial charge in [0.2, 0.25) is 0 Å². The van der Waals surface area contributed by atoms with Gasteiger partial charge in [-0.15, -0.1) is 0 Å². The summed E-state index contributed by atoms with van der Waals surface area (Å²) in [4.78, 5) is 2.27. The lowest BCUT2D eigenvalue weighted by Crippen LogP contribution is -2.25. The molecule has 0 heterocycles. The van der Waals surface area contributed by atoms with Gasteiger partial charge in [-0.25, -0.2) is 0 Å². The molecule has 1 rings (SSSR count). The van der Waals surface area contributed by atoms with Crippen molar-refractivity contribution in [1.82, 2.24) is 4.90 Å². The number of nitrogen functional groups attached to an aromatic ring is 1. The van der Waals surface area contributed by atoms with E-state index in [0.29, 0.717) is 0 Å². The molecule has 0 aromatic heterocycles. The second kappa shape index (κ2) is 6.89. The summed E-state index contributed by atoms with van der Waals surface area (Å²) in [5.41, 5.74) is 7.89. The first kappa shape index (κ1) is 13.5. The average Bonchev–Trinajstić information content (AvgIpc) is 2.28. The van der Waals surface area contributed by atoms with Gasteiger partial charge in [-0.05, 0) is 25.1 Å². The van der Waals surface area contributed by atoms with Crippen molar-refractivity contribution in [2.75, 3.05) is 25.4 Å². The summed E-state index contributed by atoms with van der Waals surface area (Å²) in [7, 11) is 0. The van der Waals surface area contributed by atoms with Crippen LogP contribution in [0, 0.1) is 0 Å². The van der Waals surface area contributed by atoms with Gasteiger partial charge in [0, 0.05) is 35.4 Å². The van der Waals surface area contributed by atoms with Crippen molar-refractivity contribution in [3.63, 3.8) is 0 Å². The molecule has 3 N–H and O–H groups in total. The van der Waals surface area contributed by atoms with Crippen molar-refractivity contribution in [2.24, 2.45) is 0 Å². The Morgan fingerprint density at radius 3 is 2.75 bits per heavy atom. The zero-order chi connectivity index (χ0) is 12.0. The predicted octanol–water partition coefficient (Wildman–Crippen LogP) is 2.24. The topological polar surface area (TPSA) is 49.5 Å². The van der Waals surface area contributed by atoms with E-state index in [1.54, 1.807) is 0 Å². The number of hydrogen-bond donors (Lipinski definition) is 2. The molecule has 0 spiro atoms. The number of benzene rings is 1. The van der Waals surface area contributed by atoms with Crippen molar-refractivity contribution >= 4 is 21.6 Å². The van der Waals surface area contributed by atoms with Gasteiger partial charge in [-0.3, -0.25) is 4.90 Å². The Balaban J connectivity index is 2.69. The maximum Gasteiger partial charge on any atom is 0.0443 e. The van der Waals surface area contributed by atoms with Gasteiger partial charge in [0.05, 0.1) is 0 Å². The summed E-state index contributed by atoms with van der Waals surface area (Å²) < 4.78 is 1.05. The third-order valence-electron chi connectivity index (χ3n) is 2.62. The van der Waals surface area contributed by atoms with E-state index < -0.39 is 0 Å². The summed E-state index contributed by atoms with van der Waals surface area (Å²) in [6, 6.07) is 5.86. The number of halogens is 1. The molecule has 0 bridgehead atoms. The fourth-order valence-electron chi connectivity index (χ4n) is 1.61. The number of hydrogen-bond acceptors (Lipinski definition) is 3. The molecule has 0 aliphatic carbocycles. The van der Waals surface area contributed by atoms with E-state index in [0.717, 1.165) is 41.8 Å². The number of anilines is 1. The molecule has 1 aromatic carbocycles. The molecule has 0 atom stereocenters. The molecule has 0 unspecified atom stereocenters. The maximum absolute atomic E-state index is 8.83. The molecule has 0 saturated heterocycles. The molecule has 4 heteroatoms. The quantitative estimate of drug-likeness (QED) is 0.789. The van der Waals surface area contributed by atoms with Gasteiger partial charge in [-0.2, -0.15) is 0 Å². The highest BCUT2D eigenvalue weighted by Gasteiger charge is 2.08. The molecular formula is C12H19BrN2O. The van der Waals surface area contributed by atoms with Gasteiger partial charge < -0.3 is 10.8 Å². The Hall–Kier alpha value is -0.580. The van der Waals surface area contributed by atoms with E-state index in [1.165, 1.54) is 0 Å². The monoisotopic (exact) mass is 286 g/mol. The molecule has 1 aromatic rings. The van der Waals surface area contributed by atoms with Crippen molar-refractivity contribution in [3.8, 4) is 0 Å². The molecule has 0 aliphatic heterocycles. The van der Waals surface area contributed by atoms with Gasteiger partial charge in [0.15, 0.2) is 0 Å². The predicted molar refractivity (Wildman–Crippen MR) is 71.2 cm³/mol. The highest BCUT2D eigenvalue weighted by molar-refractivity contribution is 9.10. The third kappa shape index (κ3) is 3.77. The van der Waals surface area contributed by atoms with Crippen LogP contribution in [-0.4, -0.2) is 29.7 Å². The zero-order valence-corrected chi connectivity index (χ0v) is 11.2. The fraction of sp³-hybridized carbons (Fsp3) is 0.500. The molecule has 0 radical (unpaired) electrons. The Bertz CT molecular complexity index is 311. The van der Waals surface area contributed by atoms with Crippen molar-refractivity contribution < 1.29 is 5.11 Å². The summed E-state index contributed by atoms with van der Waals surface area (Å²) in [5, 5.41) is 8.83. The van der Waals surface area contributed by atoms with Crippen molar-refractivity contribution in [3.05, 3.63) is 28.2 Å². The van der Waals surface area contributed by atoms with Crippen LogP contribution in [-0.2, 0) is 6.54 Å². The van der Waals surface area contributed by atoms with Crippen LogP contribution in [0.15, 0.2) is 22.7 Å². The number of aliphatic hydroxyl groups excluding tert-OH is 1. The number of nitrogens with zero attached hydrogens (tertiary/aromatic N) is 1. The average molecular weight is 287 g/mol. The van der Waals surface area contributed by atoms with Crippen LogP contribution in [0.1, 0.15) is 18.9 Å². The summed E-state index contributed by atoms with van der Waals surface area (Å²) in [6.45, 7) is 5.03. The maximum atomic E-state index is 8.83. The standard InChI is InChI=1S/C12H19BrN2O/c1-2-15(7-4-8-16)9-10-11(13)5-3-6-12(10)14/h3,5-6,16H,2,4,7-9,14H2,1H3. The van der Waals surface area contributed by atoms with Gasteiger partial charge in [0.1, 0.15) is 0 Å². The minimum absolute atomic E-state index is 0.238. The van der Waals surface area contributed by atoms with Crippen LogP contribution in [0.25, 0.3) is 0 Å². The third-order valence-corrected chi connectivity index (χ3v) is 3.36. The van der Waals surface area contributed by atoms with Crippen LogP contribution in [0.5, 0.6) is 0 Å². The Morgan fingerprint density at radius 2 is 2.19 bits per heavy atom. The second-order valence-corrected chi connectivity index (χ2v) is 4.61. The molecule has 3 nitrogen and oxygen atoms in total. The lowest BCUT2D eigenvalue weighted by molar-refractivity contribution is 0.225. The smallest absolute Gasteiger partial charge is 0.0443 e. The van der Waals surface area contributed by atoms with Gasteiger partial charge in [-0.1, -0.05) is 28.9 Å². The van der Waals surface area contributed by atoms with E-state index >= 15 is 0 Å². The summed E-state index contributed by atoms with van der Waals surface area (Å²) in [5.74, 6) is 0. The number of rotatable bonds is 6. The van der Waals surface area contributed by atoms with Gasteiger partial charge in [0.25, 0.3) is 0 Å². The van der Waals surface area contributed by atoms with E-state index in [1.807, 2.05) is 18.2 Å². The fourth-order valence-corrected chi connectivity index (χ4v) is 2.12. The lowest BCUT2D eigenvalue weighted by atomic mass is 10.1. The first-order valence-corrected chi connectivity index (χ1v) is 6.34. The Kier molecular flexibility index (Phi) is 5.80. The first-order valence-electron chi connectivity index (χ1n) is 5.55. The second-order valence-electron chi connectivity index (χ2n) is 3.75. The zero-order valence-electron chi connectivity index (χ0n) is 9.62. The van der Waals surface area contributed by atoms with Crippen LogP contribution in [0.4, 0.5) is 5.69 Å². The Labute approximate surface area is 105 Å². The molecule has 0 aliphatic rings. The first-order chi connectivity index (χ1) is 7.69. The van der Waals surface area contributed by atoms with Crippen LogP contribution >= 0.6 is 15.9 Å². The number of aliphatic hydroxyl groups is 1. The van der Waals surface area contributed by atoms with E-state index in [2.05, 4.69) is 27.8 Å². The summed E-state index contributed by atoms with van der Waals surface area (Å²) >= 11 is 3.52. The minimum Gasteiger partial charge on any atom is -0.398 e. The Morgan fingerprint density at radius 1 is 1.44 bits per heavy atom. The molecule has 16 heavy (non-hydrogen) atoms. The highest BCUT2D eigenvalue weighted by atomic mass is 79.9. The molecular weight excluding hydrogens is 268 g/mol. The van der Waals surface area contributed by atoms with E-state index in [-0.39, 0.29) is 6.61 Å². The summed E-state index contributed by atoms with van der Waals surface area (Å²) in [6.07, 6.45) is 0.804. The van der Waals surface area contributed by atoms with Crippen molar-refractivity contribution in [1.29, 1.82) is 0 Å². The highest BCUT2D eigenvalue weighted by Crippen LogP contribution is 2.24. The van der Waals surface area contributed by atoms with E-state index in [9.17, 15) is 0 Å². The van der Waals surface area contributed by atoms with Crippen LogP contribution in [0.2, 0.25) is 0 Å². The SMILES string of the molecule is CCN(CCCO)Cc1c(N)cccc1Br. The van der Waals surface area contributed by atoms with Crippen LogP contribution < -0.4 is 5.73 Å². The number of nitrogens with two attached hydrogens (primary N) is 1. The van der Waals surface area contributed by atoms with E-state index in [4.69, 9.17) is 10.8 Å². The van der Waals surface area contributed by atoms with Crippen molar-refractivity contribution in [2.45, 2.75) is 19.9 Å². The molecule has 90 valence electrons. The molecule has 0 saturated carbocycles. The largest absolute Gasteiger partial charge is 0.398 e. The lowest BCUT2D eigenvalue weighted by Gasteiger charge is -2.21. The van der Waals surface area contributed by atoms with Gasteiger partial charge >= 0.3 is 0 Å². The molecule has 0 amide bonds.